The number of aryl methyl sites for hydroxylation is 1. The molecule has 0 fully saturated rings. The third kappa shape index (κ3) is 4.35. The van der Waals surface area contributed by atoms with Gasteiger partial charge < -0.3 is 14.8 Å². The summed E-state index contributed by atoms with van der Waals surface area (Å²) in [5.41, 5.74) is 2.93. The van der Waals surface area contributed by atoms with Gasteiger partial charge in [0, 0.05) is 17.1 Å². The number of nitrogens with zero attached hydrogens (tertiary/aromatic N) is 2. The van der Waals surface area contributed by atoms with E-state index in [4.69, 9.17) is 9.47 Å². The van der Waals surface area contributed by atoms with Gasteiger partial charge in [-0.25, -0.2) is 4.98 Å². The molecule has 0 aliphatic heterocycles. The molecule has 2 aromatic carbocycles. The van der Waals surface area contributed by atoms with Gasteiger partial charge in [0.1, 0.15) is 11.1 Å². The highest BCUT2D eigenvalue weighted by atomic mass is 32.2. The molecule has 3 aromatic rings. The Morgan fingerprint density at radius 1 is 1.14 bits per heavy atom. The first-order chi connectivity index (χ1) is 13.5. The van der Waals surface area contributed by atoms with Gasteiger partial charge in [-0.2, -0.15) is 5.26 Å². The van der Waals surface area contributed by atoms with Crippen molar-refractivity contribution in [3.63, 3.8) is 0 Å². The molecule has 0 saturated heterocycles. The average molecular weight is 393 g/mol. The van der Waals surface area contributed by atoms with Crippen molar-refractivity contribution >= 4 is 34.3 Å². The lowest BCUT2D eigenvalue weighted by atomic mass is 10.1. The second-order valence-electron chi connectivity index (χ2n) is 6.06. The Hall–Kier alpha value is -3.24. The number of carbonyl (C=O) groups excluding carboxylic acids is 1. The minimum atomic E-state index is -0.160. The maximum absolute atomic E-state index is 12.2. The second kappa shape index (κ2) is 8.63. The third-order valence-corrected chi connectivity index (χ3v) is 5.07. The van der Waals surface area contributed by atoms with Crippen molar-refractivity contribution < 1.29 is 14.3 Å². The van der Waals surface area contributed by atoms with Crippen LogP contribution in [0.15, 0.2) is 47.5 Å². The lowest BCUT2D eigenvalue weighted by Crippen LogP contribution is -2.14. The van der Waals surface area contributed by atoms with Crippen LogP contribution in [-0.4, -0.2) is 30.9 Å². The number of benzene rings is 2. The number of carbonyl (C=O) groups is 1. The fourth-order valence-electron chi connectivity index (χ4n) is 2.64. The van der Waals surface area contributed by atoms with E-state index in [1.165, 1.54) is 11.8 Å². The number of rotatable bonds is 6. The molecule has 0 spiro atoms. The van der Waals surface area contributed by atoms with Crippen LogP contribution in [0.3, 0.4) is 0 Å². The summed E-state index contributed by atoms with van der Waals surface area (Å²) in [6, 6.07) is 15.0. The number of fused-ring (bicyclic) bond motifs is 1. The van der Waals surface area contributed by atoms with Crippen LogP contribution in [0.5, 0.6) is 11.5 Å². The summed E-state index contributed by atoms with van der Waals surface area (Å²) >= 11 is 1.22. The van der Waals surface area contributed by atoms with Crippen LogP contribution in [0.25, 0.3) is 10.9 Å². The fraction of sp³-hybridized carbons (Fsp3) is 0.190. The van der Waals surface area contributed by atoms with Crippen LogP contribution in [0, 0.1) is 18.3 Å². The van der Waals surface area contributed by atoms with Crippen molar-refractivity contribution in [2.24, 2.45) is 0 Å². The number of ether oxygens (including phenoxy) is 2. The molecular formula is C21H19N3O3S. The number of nitriles is 1. The summed E-state index contributed by atoms with van der Waals surface area (Å²) in [4.78, 5) is 16.8. The number of amides is 1. The molecule has 0 aliphatic rings. The molecule has 0 atom stereocenters. The molecule has 1 N–H and O–H groups in total. The molecule has 142 valence electrons. The molecule has 1 heterocycles. The monoisotopic (exact) mass is 393 g/mol. The molecule has 0 aliphatic carbocycles. The Morgan fingerprint density at radius 3 is 2.46 bits per heavy atom. The first kappa shape index (κ1) is 19.5. The maximum Gasteiger partial charge on any atom is 0.234 e. The minimum absolute atomic E-state index is 0.147. The molecule has 0 unspecified atom stereocenters. The number of pyridine rings is 1. The van der Waals surface area contributed by atoms with Crippen LogP contribution in [0.4, 0.5) is 5.69 Å². The van der Waals surface area contributed by atoms with Crippen molar-refractivity contribution in [1.29, 1.82) is 5.26 Å². The predicted molar refractivity (Wildman–Crippen MR) is 110 cm³/mol. The second-order valence-corrected chi connectivity index (χ2v) is 7.02. The maximum atomic E-state index is 12.2. The molecule has 0 bridgehead atoms. The van der Waals surface area contributed by atoms with E-state index in [1.807, 2.05) is 31.2 Å². The van der Waals surface area contributed by atoms with Gasteiger partial charge in [-0.3, -0.25) is 4.79 Å². The van der Waals surface area contributed by atoms with E-state index in [9.17, 15) is 10.1 Å². The number of anilines is 1. The van der Waals surface area contributed by atoms with Crippen molar-refractivity contribution in [2.45, 2.75) is 11.9 Å². The summed E-state index contributed by atoms with van der Waals surface area (Å²) < 4.78 is 10.6. The van der Waals surface area contributed by atoms with E-state index < -0.39 is 0 Å². The standard InChI is InChI=1S/C21H19N3O3S/c1-13-4-6-16(7-5-13)23-20(25)12-28-21-15(11-22)8-14-9-18(26-2)19(27-3)10-17(14)24-21/h4-10H,12H2,1-3H3,(H,23,25). The lowest BCUT2D eigenvalue weighted by molar-refractivity contribution is -0.113. The van der Waals surface area contributed by atoms with Crippen molar-refractivity contribution in [3.8, 4) is 17.6 Å². The van der Waals surface area contributed by atoms with E-state index in [1.54, 1.807) is 32.4 Å². The van der Waals surface area contributed by atoms with Gasteiger partial charge >= 0.3 is 0 Å². The van der Waals surface area contributed by atoms with Crippen LogP contribution >= 0.6 is 11.8 Å². The van der Waals surface area contributed by atoms with Gasteiger partial charge in [0.15, 0.2) is 11.5 Å². The quantitative estimate of drug-likeness (QED) is 0.633. The zero-order valence-corrected chi connectivity index (χ0v) is 16.6. The van der Waals surface area contributed by atoms with Gasteiger partial charge in [0.25, 0.3) is 0 Å². The Labute approximate surface area is 167 Å². The molecule has 1 aromatic heterocycles. The number of hydrogen-bond donors (Lipinski definition) is 1. The highest BCUT2D eigenvalue weighted by Crippen LogP contribution is 2.33. The van der Waals surface area contributed by atoms with E-state index in [-0.39, 0.29) is 11.7 Å². The summed E-state index contributed by atoms with van der Waals surface area (Å²) in [6.07, 6.45) is 0. The first-order valence-corrected chi connectivity index (χ1v) is 9.49. The number of hydrogen-bond acceptors (Lipinski definition) is 6. The van der Waals surface area contributed by atoms with Crippen LogP contribution in [0.1, 0.15) is 11.1 Å². The fourth-order valence-corrected chi connectivity index (χ4v) is 3.40. The topological polar surface area (TPSA) is 84.2 Å². The Kier molecular flexibility index (Phi) is 6.02. The summed E-state index contributed by atoms with van der Waals surface area (Å²) in [5.74, 6) is 1.11. The van der Waals surface area contributed by atoms with E-state index in [0.29, 0.717) is 27.6 Å². The SMILES string of the molecule is COc1cc2cc(C#N)c(SCC(=O)Nc3ccc(C)cc3)nc2cc1OC. The van der Waals surface area contributed by atoms with Crippen LogP contribution in [0.2, 0.25) is 0 Å². The zero-order chi connectivity index (χ0) is 20.1. The van der Waals surface area contributed by atoms with Crippen molar-refractivity contribution in [2.75, 3.05) is 25.3 Å². The van der Waals surface area contributed by atoms with Gasteiger partial charge in [-0.1, -0.05) is 29.5 Å². The summed E-state index contributed by atoms with van der Waals surface area (Å²) in [7, 11) is 3.11. The smallest absolute Gasteiger partial charge is 0.234 e. The molecule has 28 heavy (non-hydrogen) atoms. The normalized spacial score (nSPS) is 10.4. The first-order valence-electron chi connectivity index (χ1n) is 8.50. The highest BCUT2D eigenvalue weighted by Gasteiger charge is 2.13. The van der Waals surface area contributed by atoms with Gasteiger partial charge in [0.2, 0.25) is 5.91 Å². The Balaban J connectivity index is 1.80. The summed E-state index contributed by atoms with van der Waals surface area (Å²) in [5, 5.41) is 13.6. The Bertz CT molecular complexity index is 1060. The predicted octanol–water partition coefficient (Wildman–Crippen LogP) is 4.16. The van der Waals surface area contributed by atoms with Crippen molar-refractivity contribution in [3.05, 3.63) is 53.6 Å². The lowest BCUT2D eigenvalue weighted by Gasteiger charge is -2.11. The largest absolute Gasteiger partial charge is 0.493 e. The van der Waals surface area contributed by atoms with Crippen LogP contribution in [-0.2, 0) is 4.79 Å². The molecule has 0 saturated carbocycles. The highest BCUT2D eigenvalue weighted by molar-refractivity contribution is 8.00. The molecule has 3 rings (SSSR count). The molecule has 7 heteroatoms. The molecule has 6 nitrogen and oxygen atoms in total. The van der Waals surface area contributed by atoms with Gasteiger partial charge in [0.05, 0.1) is 31.1 Å². The minimum Gasteiger partial charge on any atom is -0.493 e. The number of methoxy groups -OCH3 is 2. The van der Waals surface area contributed by atoms with Gasteiger partial charge in [-0.05, 0) is 31.2 Å². The zero-order valence-electron chi connectivity index (χ0n) is 15.8. The van der Waals surface area contributed by atoms with Gasteiger partial charge in [-0.15, -0.1) is 0 Å². The number of thioether (sulfide) groups is 1. The number of aromatic nitrogens is 1. The van der Waals surface area contributed by atoms with E-state index >= 15 is 0 Å². The molecular weight excluding hydrogens is 374 g/mol. The van der Waals surface area contributed by atoms with Crippen molar-refractivity contribution in [1.82, 2.24) is 4.98 Å². The average Bonchev–Trinajstić information content (AvgIpc) is 2.72. The molecule has 1 amide bonds. The number of nitrogens with one attached hydrogen (secondary N) is 1. The molecule has 0 radical (unpaired) electrons. The van der Waals surface area contributed by atoms with Crippen LogP contribution < -0.4 is 14.8 Å². The van der Waals surface area contributed by atoms with E-state index in [2.05, 4.69) is 16.4 Å². The Morgan fingerprint density at radius 2 is 1.82 bits per heavy atom. The third-order valence-electron chi connectivity index (χ3n) is 4.08. The summed E-state index contributed by atoms with van der Waals surface area (Å²) in [6.45, 7) is 1.99. The van der Waals surface area contributed by atoms with E-state index in [0.717, 1.165) is 16.6 Å².